The highest BCUT2D eigenvalue weighted by Crippen LogP contribution is 2.43. The van der Waals surface area contributed by atoms with Crippen molar-refractivity contribution in [2.24, 2.45) is 7.05 Å². The Morgan fingerprint density at radius 3 is 2.18 bits per heavy atom. The van der Waals surface area contributed by atoms with Gasteiger partial charge in [-0.25, -0.2) is 17.6 Å². The van der Waals surface area contributed by atoms with Gasteiger partial charge in [-0.2, -0.15) is 31.4 Å². The van der Waals surface area contributed by atoms with Gasteiger partial charge in [0.1, 0.15) is 11.5 Å². The predicted molar refractivity (Wildman–Crippen MR) is 163 cm³/mol. The minimum Gasteiger partial charge on any atom is -0.459 e. The Kier molecular flexibility index (Phi) is 10.8. The summed E-state index contributed by atoms with van der Waals surface area (Å²) in [4.78, 5) is 24.0. The molecule has 0 amide bonds. The van der Waals surface area contributed by atoms with Crippen LogP contribution in [0.4, 0.5) is 30.7 Å². The molecule has 1 aliphatic carbocycles. The maximum absolute atomic E-state index is 14.3. The number of aromatic nitrogens is 3. The minimum atomic E-state index is -4.71. The number of carbonyl (C=O) groups excluding carboxylic acids is 2. The number of esters is 1. The third-order valence-corrected chi connectivity index (χ3v) is 9.08. The average molecular weight is 803 g/mol. The summed E-state index contributed by atoms with van der Waals surface area (Å²) < 4.78 is 126. The third-order valence-electron chi connectivity index (χ3n) is 6.88. The molecule has 0 atom stereocenters. The van der Waals surface area contributed by atoms with E-state index in [-0.39, 0.29) is 38.9 Å². The molecular formula is C30H24BrClF7N3O6S. The fourth-order valence-corrected chi connectivity index (χ4v) is 6.44. The number of ketones is 1. The van der Waals surface area contributed by atoms with Crippen LogP contribution in [0.2, 0.25) is 5.02 Å². The van der Waals surface area contributed by atoms with Crippen LogP contribution in [0.3, 0.4) is 0 Å². The molecule has 4 aromatic rings. The van der Waals surface area contributed by atoms with E-state index in [0.717, 1.165) is 44.3 Å². The quantitative estimate of drug-likeness (QED) is 0.104. The molecule has 0 unspecified atom stereocenters. The molecule has 9 nitrogen and oxygen atoms in total. The molecule has 1 fully saturated rings. The molecule has 5 rings (SSSR count). The number of nitrogens with zero attached hydrogens (tertiary/aromatic N) is 3. The van der Waals surface area contributed by atoms with Crippen LogP contribution in [-0.2, 0) is 34.0 Å². The summed E-state index contributed by atoms with van der Waals surface area (Å²) in [6, 6.07) is 3.90. The van der Waals surface area contributed by atoms with E-state index in [1.165, 1.54) is 6.20 Å². The number of halogens is 9. The lowest BCUT2D eigenvalue weighted by Gasteiger charge is -2.11. The molecule has 1 saturated carbocycles. The summed E-state index contributed by atoms with van der Waals surface area (Å²) >= 11 is 8.67. The molecular weight excluding hydrogens is 779 g/mol. The number of alkyl halides is 6. The smallest absolute Gasteiger partial charge is 0.434 e. The SMILES string of the molecule is CC(C)OC(=O)c1cc(-c2nn(C)c(C(F)(F)F)c2Br)c(F)cc1Cl.CS(=O)(=O)c1cc(C(F)(F)F)ccc1C(=O)c1cnoc1C1CC1. The topological polar surface area (TPSA) is 121 Å². The summed E-state index contributed by atoms with van der Waals surface area (Å²) in [7, 11) is -2.96. The monoisotopic (exact) mass is 801 g/mol. The summed E-state index contributed by atoms with van der Waals surface area (Å²) in [6.45, 7) is 3.22. The van der Waals surface area contributed by atoms with Crippen LogP contribution < -0.4 is 0 Å². The molecule has 0 N–H and O–H groups in total. The number of hydrogen-bond donors (Lipinski definition) is 0. The number of rotatable bonds is 7. The van der Waals surface area contributed by atoms with E-state index in [1.807, 2.05) is 0 Å². The summed E-state index contributed by atoms with van der Waals surface area (Å²) in [6.07, 6.45) is -6.29. The number of aryl methyl sites for hydroxylation is 1. The highest BCUT2D eigenvalue weighted by molar-refractivity contribution is 9.10. The van der Waals surface area contributed by atoms with Gasteiger partial charge in [0, 0.05) is 30.3 Å². The first-order valence-corrected chi connectivity index (χ1v) is 17.0. The van der Waals surface area contributed by atoms with Crippen molar-refractivity contribution in [1.29, 1.82) is 0 Å². The van der Waals surface area contributed by atoms with Crippen LogP contribution in [0, 0.1) is 5.82 Å². The molecule has 0 spiro atoms. The fourth-order valence-electron chi connectivity index (χ4n) is 4.54. The van der Waals surface area contributed by atoms with Crippen LogP contribution in [0.1, 0.15) is 75.9 Å². The van der Waals surface area contributed by atoms with Gasteiger partial charge in [0.25, 0.3) is 0 Å². The van der Waals surface area contributed by atoms with Crippen molar-refractivity contribution < 1.29 is 58.0 Å². The van der Waals surface area contributed by atoms with Gasteiger partial charge in [-0.1, -0.05) is 16.8 Å². The van der Waals surface area contributed by atoms with Crippen LogP contribution in [0.15, 0.2) is 50.4 Å². The van der Waals surface area contributed by atoms with Crippen molar-refractivity contribution in [2.45, 2.75) is 56.0 Å². The zero-order chi connectivity index (χ0) is 36.8. The number of ether oxygens (including phenoxy) is 1. The Morgan fingerprint density at radius 1 is 1.04 bits per heavy atom. The molecule has 2 aromatic heterocycles. The molecule has 49 heavy (non-hydrogen) atoms. The lowest BCUT2D eigenvalue weighted by molar-refractivity contribution is -0.144. The van der Waals surface area contributed by atoms with E-state index in [4.69, 9.17) is 20.9 Å². The lowest BCUT2D eigenvalue weighted by atomic mass is 10.0. The largest absolute Gasteiger partial charge is 0.459 e. The summed E-state index contributed by atoms with van der Waals surface area (Å²) in [5.74, 6) is -2.06. The van der Waals surface area contributed by atoms with Gasteiger partial charge in [-0.15, -0.1) is 0 Å². The summed E-state index contributed by atoms with van der Waals surface area (Å²) in [5.41, 5.74) is -3.23. The first kappa shape index (κ1) is 38.0. The van der Waals surface area contributed by atoms with E-state index in [2.05, 4.69) is 26.2 Å². The standard InChI is InChI=1S/C15H12BrClF4N2O2.C15H12F3NO4S/c1-6(2)25-14(24)7-4-8(10(18)5-9(7)17)12-11(16)13(15(19,20)21)23(3)22-12;1-24(21,22)12-6-9(15(16,17)18)4-5-10(12)13(20)11-7-19-23-14(11)8-2-3-8/h4-6H,1-3H3;4-8H,2-3H2,1H3. The van der Waals surface area contributed by atoms with Gasteiger partial charge in [-0.05, 0) is 73.0 Å². The maximum atomic E-state index is 14.3. The third kappa shape index (κ3) is 8.52. The maximum Gasteiger partial charge on any atom is 0.434 e. The Hall–Kier alpha value is -3.77. The van der Waals surface area contributed by atoms with E-state index < -0.39 is 66.5 Å². The summed E-state index contributed by atoms with van der Waals surface area (Å²) in [5, 5.41) is 7.05. The van der Waals surface area contributed by atoms with Gasteiger partial charge in [0.05, 0.1) is 43.4 Å². The van der Waals surface area contributed by atoms with Crippen molar-refractivity contribution >= 4 is 49.1 Å². The number of hydrogen-bond acceptors (Lipinski definition) is 8. The van der Waals surface area contributed by atoms with Crippen molar-refractivity contribution in [1.82, 2.24) is 14.9 Å². The van der Waals surface area contributed by atoms with E-state index in [1.54, 1.807) is 13.8 Å². The van der Waals surface area contributed by atoms with Gasteiger partial charge in [0.15, 0.2) is 27.1 Å². The van der Waals surface area contributed by atoms with Gasteiger partial charge in [-0.3, -0.25) is 9.48 Å². The first-order chi connectivity index (χ1) is 22.5. The fraction of sp³-hybridized carbons (Fsp3) is 0.333. The molecule has 1 aliphatic rings. The normalized spacial score (nSPS) is 13.7. The zero-order valence-electron chi connectivity index (χ0n) is 25.6. The van der Waals surface area contributed by atoms with Crippen molar-refractivity contribution in [3.8, 4) is 11.3 Å². The molecule has 0 saturated heterocycles. The van der Waals surface area contributed by atoms with Crippen molar-refractivity contribution in [3.05, 3.63) is 85.5 Å². The highest BCUT2D eigenvalue weighted by Gasteiger charge is 2.40. The van der Waals surface area contributed by atoms with E-state index >= 15 is 0 Å². The van der Waals surface area contributed by atoms with E-state index in [0.29, 0.717) is 22.6 Å². The van der Waals surface area contributed by atoms with E-state index in [9.17, 15) is 48.7 Å². The lowest BCUT2D eigenvalue weighted by Crippen LogP contribution is -2.13. The average Bonchev–Trinajstić information content (AvgIpc) is 3.60. The van der Waals surface area contributed by atoms with Crippen LogP contribution >= 0.6 is 27.5 Å². The highest BCUT2D eigenvalue weighted by atomic mass is 79.9. The van der Waals surface area contributed by atoms with Gasteiger partial charge >= 0.3 is 18.3 Å². The number of sulfone groups is 1. The van der Waals surface area contributed by atoms with Crippen LogP contribution in [0.5, 0.6) is 0 Å². The zero-order valence-corrected chi connectivity index (χ0v) is 28.8. The van der Waals surface area contributed by atoms with Crippen LogP contribution in [-0.4, -0.2) is 47.5 Å². The van der Waals surface area contributed by atoms with Crippen molar-refractivity contribution in [2.75, 3.05) is 6.26 Å². The second-order valence-electron chi connectivity index (χ2n) is 11.1. The molecule has 0 bridgehead atoms. The molecule has 19 heteroatoms. The molecule has 264 valence electrons. The number of carbonyl (C=O) groups is 2. The van der Waals surface area contributed by atoms with Crippen molar-refractivity contribution in [3.63, 3.8) is 0 Å². The molecule has 0 aliphatic heterocycles. The Bertz CT molecular complexity index is 2040. The molecule has 2 heterocycles. The Balaban J connectivity index is 0.000000221. The Morgan fingerprint density at radius 2 is 1.67 bits per heavy atom. The van der Waals surface area contributed by atoms with Crippen LogP contribution in [0.25, 0.3) is 11.3 Å². The molecule has 2 aromatic carbocycles. The first-order valence-electron chi connectivity index (χ1n) is 13.9. The Labute approximate surface area is 287 Å². The minimum absolute atomic E-state index is 0.0441. The number of benzene rings is 2. The van der Waals surface area contributed by atoms with Gasteiger partial charge < -0.3 is 9.26 Å². The molecule has 0 radical (unpaired) electrons. The second kappa shape index (κ2) is 13.9. The van der Waals surface area contributed by atoms with Gasteiger partial charge in [0.2, 0.25) is 0 Å². The second-order valence-corrected chi connectivity index (χ2v) is 14.3. The predicted octanol–water partition coefficient (Wildman–Crippen LogP) is 8.43.